The van der Waals surface area contributed by atoms with Crippen molar-refractivity contribution in [1.82, 2.24) is 4.90 Å². The van der Waals surface area contributed by atoms with Gasteiger partial charge in [-0.25, -0.2) is 4.39 Å². The minimum absolute atomic E-state index is 0.0903. The summed E-state index contributed by atoms with van der Waals surface area (Å²) in [6.07, 6.45) is -1.92. The van der Waals surface area contributed by atoms with E-state index in [2.05, 4.69) is 17.0 Å². The van der Waals surface area contributed by atoms with Crippen molar-refractivity contribution in [2.45, 2.75) is 25.7 Å². The number of rotatable bonds is 2. The number of halogens is 1. The van der Waals surface area contributed by atoms with E-state index in [1.807, 2.05) is 25.1 Å². The Morgan fingerprint density at radius 2 is 2.00 bits per heavy atom. The van der Waals surface area contributed by atoms with Gasteiger partial charge in [0.1, 0.15) is 6.17 Å². The van der Waals surface area contributed by atoms with Gasteiger partial charge >= 0.3 is 0 Å². The van der Waals surface area contributed by atoms with Crippen molar-refractivity contribution in [3.8, 4) is 0 Å². The number of benzene rings is 1. The Bertz CT molecular complexity index is 318. The fourth-order valence-corrected chi connectivity index (χ4v) is 2.30. The molecule has 0 aliphatic carbocycles. The van der Waals surface area contributed by atoms with Gasteiger partial charge in [-0.15, -0.1) is 0 Å². The molecule has 0 radical (unpaired) electrons. The molecule has 0 bridgehead atoms. The van der Waals surface area contributed by atoms with Crippen LogP contribution in [0.2, 0.25) is 0 Å². The first-order chi connectivity index (χ1) is 7.66. The Kier molecular flexibility index (Phi) is 3.56. The van der Waals surface area contributed by atoms with Gasteiger partial charge in [0.15, 0.2) is 0 Å². The van der Waals surface area contributed by atoms with E-state index >= 15 is 0 Å². The number of β-amino-alcohol motifs (C(OH)–C–C–N with tert-alkyl or cyclic N) is 1. The fraction of sp³-hybridized carbons (Fsp3) is 0.538. The zero-order chi connectivity index (χ0) is 11.5. The van der Waals surface area contributed by atoms with Crippen molar-refractivity contribution in [2.24, 2.45) is 5.92 Å². The van der Waals surface area contributed by atoms with Gasteiger partial charge in [0.25, 0.3) is 0 Å². The molecular weight excluding hydrogens is 205 g/mol. The zero-order valence-corrected chi connectivity index (χ0v) is 9.51. The first-order valence-corrected chi connectivity index (χ1v) is 5.75. The molecule has 0 saturated carbocycles. The molecule has 1 fully saturated rings. The van der Waals surface area contributed by atoms with E-state index in [9.17, 15) is 9.50 Å². The highest BCUT2D eigenvalue weighted by Crippen LogP contribution is 2.21. The molecule has 1 N–H and O–H groups in total. The summed E-state index contributed by atoms with van der Waals surface area (Å²) in [5.41, 5.74) is 1.21. The maximum absolute atomic E-state index is 13.4. The average Bonchev–Trinajstić information content (AvgIpc) is 2.27. The predicted molar refractivity (Wildman–Crippen MR) is 61.8 cm³/mol. The molecule has 3 heteroatoms. The molecule has 1 aliphatic heterocycles. The van der Waals surface area contributed by atoms with Gasteiger partial charge in [0, 0.05) is 25.6 Å². The Morgan fingerprint density at radius 3 is 2.62 bits per heavy atom. The Hall–Kier alpha value is -0.930. The summed E-state index contributed by atoms with van der Waals surface area (Å²) in [5.74, 6) is -0.0903. The molecule has 2 rings (SSSR count). The van der Waals surface area contributed by atoms with E-state index in [1.54, 1.807) is 0 Å². The molecule has 0 amide bonds. The van der Waals surface area contributed by atoms with Crippen molar-refractivity contribution in [3.05, 3.63) is 35.9 Å². The average molecular weight is 223 g/mol. The van der Waals surface area contributed by atoms with Crippen molar-refractivity contribution in [2.75, 3.05) is 13.1 Å². The first kappa shape index (κ1) is 11.6. The van der Waals surface area contributed by atoms with E-state index in [4.69, 9.17) is 0 Å². The SMILES string of the molecule is C[C@@H]1CN(Cc2ccccc2)C[C@@H](O)[C@@H]1F. The van der Waals surface area contributed by atoms with Crippen molar-refractivity contribution in [1.29, 1.82) is 0 Å². The fourth-order valence-electron chi connectivity index (χ4n) is 2.30. The van der Waals surface area contributed by atoms with Crippen LogP contribution in [0.15, 0.2) is 30.3 Å². The minimum Gasteiger partial charge on any atom is -0.389 e. The summed E-state index contributed by atoms with van der Waals surface area (Å²) >= 11 is 0. The van der Waals surface area contributed by atoms with Gasteiger partial charge in [-0.1, -0.05) is 37.3 Å². The van der Waals surface area contributed by atoms with Crippen LogP contribution in [0.1, 0.15) is 12.5 Å². The third-order valence-corrected chi connectivity index (χ3v) is 3.15. The van der Waals surface area contributed by atoms with Crippen LogP contribution < -0.4 is 0 Å². The van der Waals surface area contributed by atoms with Gasteiger partial charge in [-0.05, 0) is 5.56 Å². The number of likely N-dealkylation sites (tertiary alicyclic amines) is 1. The minimum atomic E-state index is -1.08. The molecule has 1 aromatic carbocycles. The predicted octanol–water partition coefficient (Wildman–Crippen LogP) is 1.84. The highest BCUT2D eigenvalue weighted by atomic mass is 19.1. The van der Waals surface area contributed by atoms with Crippen LogP contribution in [0.4, 0.5) is 4.39 Å². The lowest BCUT2D eigenvalue weighted by atomic mass is 9.95. The molecule has 0 unspecified atom stereocenters. The maximum Gasteiger partial charge on any atom is 0.131 e. The number of hydrogen-bond acceptors (Lipinski definition) is 2. The summed E-state index contributed by atoms with van der Waals surface area (Å²) in [7, 11) is 0. The second kappa shape index (κ2) is 4.93. The molecule has 16 heavy (non-hydrogen) atoms. The highest BCUT2D eigenvalue weighted by molar-refractivity contribution is 5.14. The molecule has 0 aromatic heterocycles. The lowest BCUT2D eigenvalue weighted by Gasteiger charge is -2.36. The summed E-state index contributed by atoms with van der Waals surface area (Å²) in [6, 6.07) is 10.1. The van der Waals surface area contributed by atoms with Crippen LogP contribution in [0.5, 0.6) is 0 Å². The number of nitrogens with zero attached hydrogens (tertiary/aromatic N) is 1. The standard InChI is InChI=1S/C13H18FNO/c1-10-7-15(9-12(16)13(10)14)8-11-5-3-2-4-6-11/h2-6,10,12-13,16H,7-9H2,1H3/t10-,12-,13-/m1/s1. The largest absolute Gasteiger partial charge is 0.389 e. The van der Waals surface area contributed by atoms with Crippen molar-refractivity contribution in [3.63, 3.8) is 0 Å². The number of hydrogen-bond donors (Lipinski definition) is 1. The van der Waals surface area contributed by atoms with Crippen molar-refractivity contribution >= 4 is 0 Å². The van der Waals surface area contributed by atoms with E-state index in [0.29, 0.717) is 13.1 Å². The quantitative estimate of drug-likeness (QED) is 0.827. The summed E-state index contributed by atoms with van der Waals surface area (Å²) in [5, 5.41) is 9.58. The summed E-state index contributed by atoms with van der Waals surface area (Å²) in [6.45, 7) is 3.79. The van der Waals surface area contributed by atoms with E-state index in [-0.39, 0.29) is 5.92 Å². The molecule has 1 heterocycles. The van der Waals surface area contributed by atoms with Gasteiger partial charge in [0.05, 0.1) is 6.10 Å². The Labute approximate surface area is 95.7 Å². The van der Waals surface area contributed by atoms with Gasteiger partial charge in [0.2, 0.25) is 0 Å². The van der Waals surface area contributed by atoms with Crippen LogP contribution in [0.25, 0.3) is 0 Å². The van der Waals surface area contributed by atoms with E-state index in [1.165, 1.54) is 5.56 Å². The molecule has 1 aromatic rings. The number of alkyl halides is 1. The van der Waals surface area contributed by atoms with Crippen LogP contribution in [0.3, 0.4) is 0 Å². The normalized spacial score (nSPS) is 31.6. The van der Waals surface area contributed by atoms with Crippen LogP contribution in [0, 0.1) is 5.92 Å². The van der Waals surface area contributed by atoms with Crippen LogP contribution in [-0.4, -0.2) is 35.4 Å². The van der Waals surface area contributed by atoms with Gasteiger partial charge < -0.3 is 5.11 Å². The smallest absolute Gasteiger partial charge is 0.131 e. The summed E-state index contributed by atoms with van der Waals surface area (Å²) < 4.78 is 13.4. The number of aliphatic hydroxyl groups is 1. The van der Waals surface area contributed by atoms with E-state index in [0.717, 1.165) is 6.54 Å². The molecule has 0 spiro atoms. The zero-order valence-electron chi connectivity index (χ0n) is 9.51. The van der Waals surface area contributed by atoms with Gasteiger partial charge in [-0.2, -0.15) is 0 Å². The Morgan fingerprint density at radius 1 is 1.31 bits per heavy atom. The topological polar surface area (TPSA) is 23.5 Å². The molecule has 1 aliphatic rings. The third-order valence-electron chi connectivity index (χ3n) is 3.15. The van der Waals surface area contributed by atoms with E-state index < -0.39 is 12.3 Å². The second-order valence-corrected chi connectivity index (χ2v) is 4.67. The lowest BCUT2D eigenvalue weighted by molar-refractivity contribution is -0.0297. The first-order valence-electron chi connectivity index (χ1n) is 5.75. The van der Waals surface area contributed by atoms with Crippen LogP contribution >= 0.6 is 0 Å². The monoisotopic (exact) mass is 223 g/mol. The Balaban J connectivity index is 1.97. The number of piperidine rings is 1. The van der Waals surface area contributed by atoms with Crippen molar-refractivity contribution < 1.29 is 9.50 Å². The number of aliphatic hydroxyl groups excluding tert-OH is 1. The summed E-state index contributed by atoms with van der Waals surface area (Å²) in [4.78, 5) is 2.11. The maximum atomic E-state index is 13.4. The molecule has 88 valence electrons. The molecule has 3 atom stereocenters. The van der Waals surface area contributed by atoms with Gasteiger partial charge in [-0.3, -0.25) is 4.90 Å². The molecule has 2 nitrogen and oxygen atoms in total. The molecule has 1 saturated heterocycles. The lowest BCUT2D eigenvalue weighted by Crippen LogP contribution is -2.49. The second-order valence-electron chi connectivity index (χ2n) is 4.67. The van der Waals surface area contributed by atoms with Crippen LogP contribution in [-0.2, 0) is 6.54 Å². The third kappa shape index (κ3) is 2.60. The highest BCUT2D eigenvalue weighted by Gasteiger charge is 2.33. The molecular formula is C13H18FNO.